The van der Waals surface area contributed by atoms with Gasteiger partial charge in [0.2, 0.25) is 0 Å². The number of aromatic nitrogens is 1. The lowest BCUT2D eigenvalue weighted by Crippen LogP contribution is -2.19. The molecule has 6 nitrogen and oxygen atoms in total. The van der Waals surface area contributed by atoms with Crippen LogP contribution in [0.2, 0.25) is 0 Å². The van der Waals surface area contributed by atoms with Crippen molar-refractivity contribution in [2.45, 2.75) is 20.8 Å². The number of rotatable bonds is 4. The zero-order valence-electron chi connectivity index (χ0n) is 15.6. The topological polar surface area (TPSA) is 83.1 Å². The molecule has 8 heteroatoms. The molecule has 0 aliphatic heterocycles. The number of halogens is 1. The van der Waals surface area contributed by atoms with Gasteiger partial charge in [0.1, 0.15) is 10.7 Å². The smallest absolute Gasteiger partial charge is 0.321 e. The monoisotopic (exact) mass is 398 g/mol. The molecular weight excluding hydrogens is 379 g/mol. The highest BCUT2D eigenvalue weighted by Crippen LogP contribution is 2.26. The number of urea groups is 1. The Morgan fingerprint density at radius 2 is 1.57 bits per heavy atom. The van der Waals surface area contributed by atoms with Gasteiger partial charge in [-0.15, -0.1) is 0 Å². The Labute approximate surface area is 165 Å². The number of nitrogens with one attached hydrogen (secondary N) is 3. The average molecular weight is 398 g/mol. The minimum absolute atomic E-state index is 0.278. The first kappa shape index (κ1) is 19.5. The van der Waals surface area contributed by atoms with E-state index in [1.54, 1.807) is 6.92 Å². The summed E-state index contributed by atoms with van der Waals surface area (Å²) in [6, 6.07) is 10.7. The zero-order chi connectivity index (χ0) is 20.3. The highest BCUT2D eigenvalue weighted by Gasteiger charge is 2.18. The number of carbonyl (C=O) groups is 2. The number of anilines is 3. The fourth-order valence-electron chi connectivity index (χ4n) is 2.64. The first-order chi connectivity index (χ1) is 13.3. The van der Waals surface area contributed by atoms with Crippen LogP contribution in [0.5, 0.6) is 0 Å². The van der Waals surface area contributed by atoms with E-state index in [9.17, 15) is 14.0 Å². The molecule has 0 unspecified atom stereocenters. The Hall–Kier alpha value is -3.26. The third kappa shape index (κ3) is 4.52. The molecule has 3 aromatic rings. The fourth-order valence-corrected chi connectivity index (χ4v) is 3.49. The molecule has 3 rings (SSSR count). The van der Waals surface area contributed by atoms with E-state index in [-0.39, 0.29) is 11.7 Å². The van der Waals surface area contributed by atoms with Crippen LogP contribution >= 0.6 is 11.3 Å². The van der Waals surface area contributed by atoms with Gasteiger partial charge in [-0.2, -0.15) is 0 Å². The molecule has 0 bridgehead atoms. The molecule has 1 aromatic heterocycles. The van der Waals surface area contributed by atoms with E-state index in [0.29, 0.717) is 21.4 Å². The minimum atomic E-state index is -0.526. The zero-order valence-corrected chi connectivity index (χ0v) is 16.4. The predicted molar refractivity (Wildman–Crippen MR) is 110 cm³/mol. The molecule has 0 spiro atoms. The molecule has 0 saturated carbocycles. The molecule has 2 aromatic carbocycles. The largest absolute Gasteiger partial charge is 0.325 e. The average Bonchev–Trinajstić information content (AvgIpc) is 3.00. The second kappa shape index (κ2) is 8.18. The van der Waals surface area contributed by atoms with Crippen LogP contribution in [-0.2, 0) is 0 Å². The van der Waals surface area contributed by atoms with Gasteiger partial charge in [-0.05, 0) is 56.2 Å². The van der Waals surface area contributed by atoms with E-state index in [1.165, 1.54) is 24.3 Å². The van der Waals surface area contributed by atoms with E-state index >= 15 is 0 Å². The Kier molecular flexibility index (Phi) is 5.70. The van der Waals surface area contributed by atoms with Crippen LogP contribution in [0.25, 0.3) is 0 Å². The first-order valence-electron chi connectivity index (χ1n) is 8.52. The van der Waals surface area contributed by atoms with Crippen molar-refractivity contribution in [1.29, 1.82) is 0 Å². The maximum atomic E-state index is 12.9. The summed E-state index contributed by atoms with van der Waals surface area (Å²) in [7, 11) is 0. The van der Waals surface area contributed by atoms with Crippen LogP contribution in [0.1, 0.15) is 26.5 Å². The summed E-state index contributed by atoms with van der Waals surface area (Å²) in [4.78, 5) is 29.4. The summed E-state index contributed by atoms with van der Waals surface area (Å²) in [6.45, 7) is 5.56. The summed E-state index contributed by atoms with van der Waals surface area (Å²) in [5.74, 6) is -0.666. The van der Waals surface area contributed by atoms with Gasteiger partial charge in [-0.1, -0.05) is 29.5 Å². The molecule has 0 saturated heterocycles. The maximum Gasteiger partial charge on any atom is 0.325 e. The van der Waals surface area contributed by atoms with Gasteiger partial charge in [0.25, 0.3) is 5.91 Å². The van der Waals surface area contributed by atoms with Crippen molar-refractivity contribution in [3.05, 3.63) is 70.0 Å². The number of aryl methyl sites for hydroxylation is 3. The molecule has 144 valence electrons. The number of amides is 3. The Morgan fingerprint density at radius 1 is 0.929 bits per heavy atom. The van der Waals surface area contributed by atoms with Crippen LogP contribution in [0.4, 0.5) is 25.7 Å². The summed E-state index contributed by atoms with van der Waals surface area (Å²) in [5.41, 5.74) is 3.66. The van der Waals surface area contributed by atoms with Crippen LogP contribution in [0.15, 0.2) is 42.5 Å². The number of para-hydroxylation sites is 1. The van der Waals surface area contributed by atoms with E-state index in [1.807, 2.05) is 32.0 Å². The van der Waals surface area contributed by atoms with E-state index < -0.39 is 6.03 Å². The Morgan fingerprint density at radius 3 is 2.21 bits per heavy atom. The molecule has 0 aliphatic rings. The lowest BCUT2D eigenvalue weighted by molar-refractivity contribution is 0.102. The summed E-state index contributed by atoms with van der Waals surface area (Å²) in [5, 5.41) is 8.38. The minimum Gasteiger partial charge on any atom is -0.321 e. The number of nitrogens with zero attached hydrogens (tertiary/aromatic N) is 1. The highest BCUT2D eigenvalue weighted by molar-refractivity contribution is 7.17. The standard InChI is InChI=1S/C20H19FN4O2S/c1-11-5-4-6-12(2)16(11)24-18(26)17-13(3)22-20(28-17)25-19(27)23-15-9-7-14(21)8-10-15/h4-10H,1-3H3,(H,24,26)(H2,22,23,25,27). The van der Waals surface area contributed by atoms with Crippen molar-refractivity contribution in [2.75, 3.05) is 16.0 Å². The van der Waals surface area contributed by atoms with Gasteiger partial charge >= 0.3 is 6.03 Å². The van der Waals surface area contributed by atoms with Crippen molar-refractivity contribution in [3.8, 4) is 0 Å². The molecule has 3 amide bonds. The molecular formula is C20H19FN4O2S. The van der Waals surface area contributed by atoms with Crippen LogP contribution < -0.4 is 16.0 Å². The van der Waals surface area contributed by atoms with Crippen LogP contribution in [-0.4, -0.2) is 16.9 Å². The van der Waals surface area contributed by atoms with E-state index in [4.69, 9.17) is 0 Å². The van der Waals surface area contributed by atoms with Gasteiger partial charge in [-0.3, -0.25) is 10.1 Å². The molecule has 0 fully saturated rings. The Bertz CT molecular complexity index is 1010. The Balaban J connectivity index is 1.69. The van der Waals surface area contributed by atoms with Gasteiger partial charge in [-0.25, -0.2) is 14.2 Å². The van der Waals surface area contributed by atoms with Crippen molar-refractivity contribution in [3.63, 3.8) is 0 Å². The van der Waals surface area contributed by atoms with E-state index in [0.717, 1.165) is 28.2 Å². The second-order valence-electron chi connectivity index (χ2n) is 6.24. The van der Waals surface area contributed by atoms with Crippen molar-refractivity contribution >= 4 is 39.8 Å². The molecule has 3 N–H and O–H groups in total. The number of hydrogen-bond donors (Lipinski definition) is 3. The second-order valence-corrected chi connectivity index (χ2v) is 7.24. The molecule has 0 aliphatic carbocycles. The number of carbonyl (C=O) groups excluding carboxylic acids is 2. The third-order valence-electron chi connectivity index (χ3n) is 4.05. The number of thiazole rings is 1. The van der Waals surface area contributed by atoms with Gasteiger partial charge in [0.15, 0.2) is 5.13 Å². The van der Waals surface area contributed by atoms with Crippen molar-refractivity contribution < 1.29 is 14.0 Å². The maximum absolute atomic E-state index is 12.9. The number of hydrogen-bond acceptors (Lipinski definition) is 4. The quantitative estimate of drug-likeness (QED) is 0.571. The molecule has 0 radical (unpaired) electrons. The molecule has 0 atom stereocenters. The number of benzene rings is 2. The lowest BCUT2D eigenvalue weighted by Gasteiger charge is -2.10. The summed E-state index contributed by atoms with van der Waals surface area (Å²) in [6.07, 6.45) is 0. The van der Waals surface area contributed by atoms with Gasteiger partial charge < -0.3 is 10.6 Å². The normalized spacial score (nSPS) is 10.4. The summed E-state index contributed by atoms with van der Waals surface area (Å²) >= 11 is 1.08. The van der Waals surface area contributed by atoms with Crippen molar-refractivity contribution in [1.82, 2.24) is 4.98 Å². The van der Waals surface area contributed by atoms with Crippen LogP contribution in [0, 0.1) is 26.6 Å². The van der Waals surface area contributed by atoms with Gasteiger partial charge in [0, 0.05) is 11.4 Å². The van der Waals surface area contributed by atoms with Gasteiger partial charge in [0.05, 0.1) is 5.69 Å². The molecule has 1 heterocycles. The third-order valence-corrected chi connectivity index (χ3v) is 5.12. The van der Waals surface area contributed by atoms with E-state index in [2.05, 4.69) is 20.9 Å². The lowest BCUT2D eigenvalue weighted by atomic mass is 10.1. The highest BCUT2D eigenvalue weighted by atomic mass is 32.1. The van der Waals surface area contributed by atoms with Crippen LogP contribution in [0.3, 0.4) is 0 Å². The fraction of sp³-hybridized carbons (Fsp3) is 0.150. The van der Waals surface area contributed by atoms with Crippen molar-refractivity contribution in [2.24, 2.45) is 0 Å². The summed E-state index contributed by atoms with van der Waals surface area (Å²) < 4.78 is 12.9. The first-order valence-corrected chi connectivity index (χ1v) is 9.33. The molecule has 28 heavy (non-hydrogen) atoms. The predicted octanol–water partition coefficient (Wildman–Crippen LogP) is 5.10. The SMILES string of the molecule is Cc1cccc(C)c1NC(=O)c1sc(NC(=O)Nc2ccc(F)cc2)nc1C.